The van der Waals surface area contributed by atoms with Crippen molar-refractivity contribution < 1.29 is 14.3 Å². The predicted octanol–water partition coefficient (Wildman–Crippen LogP) is 1.24. The van der Waals surface area contributed by atoms with Crippen LogP contribution in [0.25, 0.3) is 0 Å². The van der Waals surface area contributed by atoms with Crippen molar-refractivity contribution in [3.8, 4) is 5.75 Å². The van der Waals surface area contributed by atoms with Gasteiger partial charge in [0, 0.05) is 31.6 Å². The molecule has 19 heavy (non-hydrogen) atoms. The molecule has 0 bridgehead atoms. The van der Waals surface area contributed by atoms with Crippen molar-refractivity contribution in [1.29, 1.82) is 0 Å². The van der Waals surface area contributed by atoms with E-state index in [1.165, 1.54) is 5.01 Å². The van der Waals surface area contributed by atoms with E-state index in [-0.39, 0.29) is 11.8 Å². The number of nitrogens with zero attached hydrogens (tertiary/aromatic N) is 2. The molecule has 0 unspecified atom stereocenters. The number of carbonyl (C=O) groups is 2. The number of benzene rings is 1. The van der Waals surface area contributed by atoms with E-state index in [9.17, 15) is 9.59 Å². The third-order valence-corrected chi connectivity index (χ3v) is 2.80. The number of ether oxygens (including phenoxy) is 1. The van der Waals surface area contributed by atoms with Gasteiger partial charge in [-0.2, -0.15) is 5.10 Å². The number of carbonyl (C=O) groups excluding carboxylic acids is 2. The highest BCUT2D eigenvalue weighted by Crippen LogP contribution is 2.17. The second-order valence-electron chi connectivity index (χ2n) is 4.15. The molecule has 1 aliphatic rings. The Morgan fingerprint density at radius 1 is 1.42 bits per heavy atom. The van der Waals surface area contributed by atoms with Crippen LogP contribution in [0, 0.1) is 0 Å². The first kappa shape index (κ1) is 13.1. The van der Waals surface area contributed by atoms with Crippen LogP contribution < -0.4 is 10.1 Å². The number of rotatable bonds is 3. The number of methoxy groups -OCH3 is 1. The Balaban J connectivity index is 2.09. The molecule has 6 nitrogen and oxygen atoms in total. The Morgan fingerprint density at radius 2 is 2.21 bits per heavy atom. The second-order valence-corrected chi connectivity index (χ2v) is 4.15. The molecule has 0 aromatic heterocycles. The van der Waals surface area contributed by atoms with Crippen LogP contribution in [0.3, 0.4) is 0 Å². The van der Waals surface area contributed by atoms with Crippen LogP contribution in [0.1, 0.15) is 12.8 Å². The van der Waals surface area contributed by atoms with Gasteiger partial charge in [0.1, 0.15) is 11.5 Å². The first-order valence-electron chi connectivity index (χ1n) is 5.89. The van der Waals surface area contributed by atoms with Crippen LogP contribution in [0.2, 0.25) is 0 Å². The highest BCUT2D eigenvalue weighted by molar-refractivity contribution is 6.43. The van der Waals surface area contributed by atoms with Gasteiger partial charge in [-0.15, -0.1) is 0 Å². The third kappa shape index (κ3) is 3.09. The maximum absolute atomic E-state index is 12.0. The summed E-state index contributed by atoms with van der Waals surface area (Å²) in [5.41, 5.74) is 0.983. The van der Waals surface area contributed by atoms with E-state index in [2.05, 4.69) is 10.4 Å². The fourth-order valence-corrected chi connectivity index (χ4v) is 1.74. The lowest BCUT2D eigenvalue weighted by Crippen LogP contribution is -2.34. The van der Waals surface area contributed by atoms with Crippen LogP contribution in [0.4, 0.5) is 5.69 Å². The zero-order valence-corrected chi connectivity index (χ0v) is 10.8. The summed E-state index contributed by atoms with van der Waals surface area (Å²) in [6.45, 7) is 0. The zero-order chi connectivity index (χ0) is 13.8. The molecule has 0 aliphatic carbocycles. The van der Waals surface area contributed by atoms with Crippen LogP contribution in [0.15, 0.2) is 29.4 Å². The minimum Gasteiger partial charge on any atom is -0.497 e. The molecule has 0 saturated carbocycles. The van der Waals surface area contributed by atoms with E-state index in [0.29, 0.717) is 30.0 Å². The molecule has 6 heteroatoms. The van der Waals surface area contributed by atoms with Crippen LogP contribution >= 0.6 is 0 Å². The monoisotopic (exact) mass is 261 g/mol. The molecule has 0 radical (unpaired) electrons. The quantitative estimate of drug-likeness (QED) is 0.889. The first-order valence-corrected chi connectivity index (χ1v) is 5.89. The van der Waals surface area contributed by atoms with Gasteiger partial charge in [0.2, 0.25) is 5.91 Å². The lowest BCUT2D eigenvalue weighted by molar-refractivity contribution is -0.130. The van der Waals surface area contributed by atoms with E-state index in [4.69, 9.17) is 4.74 Å². The number of hydrogen-bond acceptors (Lipinski definition) is 4. The lowest BCUT2D eigenvalue weighted by atomic mass is 10.1. The molecule has 2 amide bonds. The minimum atomic E-state index is -0.299. The molecule has 0 saturated heterocycles. The van der Waals surface area contributed by atoms with Gasteiger partial charge in [-0.1, -0.05) is 6.07 Å². The maximum Gasteiger partial charge on any atom is 0.271 e. The molecule has 1 aromatic rings. The minimum absolute atomic E-state index is 0.0852. The molecule has 0 fully saturated rings. The van der Waals surface area contributed by atoms with Crippen molar-refractivity contribution in [3.05, 3.63) is 24.3 Å². The SMILES string of the molecule is COc1cccc(NC(=O)C2=NN(C)C(=O)CC2)c1. The molecule has 1 aliphatic heterocycles. The molecular formula is C13H15N3O3. The van der Waals surface area contributed by atoms with Gasteiger partial charge < -0.3 is 10.1 Å². The van der Waals surface area contributed by atoms with E-state index < -0.39 is 0 Å². The summed E-state index contributed by atoms with van der Waals surface area (Å²) < 4.78 is 5.08. The van der Waals surface area contributed by atoms with Gasteiger partial charge in [0.15, 0.2) is 0 Å². The molecule has 0 spiro atoms. The summed E-state index contributed by atoms with van der Waals surface area (Å²) >= 11 is 0. The van der Waals surface area contributed by atoms with Gasteiger partial charge in [-0.3, -0.25) is 9.59 Å². The number of amides is 2. The molecule has 1 heterocycles. The first-order chi connectivity index (χ1) is 9.10. The fraction of sp³-hybridized carbons (Fsp3) is 0.308. The van der Waals surface area contributed by atoms with E-state index in [1.54, 1.807) is 38.4 Å². The van der Waals surface area contributed by atoms with Crippen molar-refractivity contribution in [2.24, 2.45) is 5.10 Å². The molecular weight excluding hydrogens is 246 g/mol. The van der Waals surface area contributed by atoms with Crippen LogP contribution in [0.5, 0.6) is 5.75 Å². The maximum atomic E-state index is 12.0. The standard InChI is InChI=1S/C13H15N3O3/c1-16-12(17)7-6-11(15-16)13(18)14-9-4-3-5-10(8-9)19-2/h3-5,8H,6-7H2,1-2H3,(H,14,18). The Bertz CT molecular complexity index is 540. The van der Waals surface area contributed by atoms with Gasteiger partial charge >= 0.3 is 0 Å². The van der Waals surface area contributed by atoms with Crippen molar-refractivity contribution in [3.63, 3.8) is 0 Å². The average molecular weight is 261 g/mol. The highest BCUT2D eigenvalue weighted by Gasteiger charge is 2.21. The normalized spacial score (nSPS) is 14.9. The van der Waals surface area contributed by atoms with E-state index >= 15 is 0 Å². The van der Waals surface area contributed by atoms with Crippen molar-refractivity contribution >= 4 is 23.2 Å². The molecule has 2 rings (SSSR count). The Labute approximate surface area is 111 Å². The Morgan fingerprint density at radius 3 is 2.89 bits per heavy atom. The van der Waals surface area contributed by atoms with Crippen LogP contribution in [-0.4, -0.2) is 36.7 Å². The average Bonchev–Trinajstić information content (AvgIpc) is 2.42. The summed E-state index contributed by atoms with van der Waals surface area (Å²) in [5.74, 6) is 0.279. The summed E-state index contributed by atoms with van der Waals surface area (Å²) in [4.78, 5) is 23.3. The Kier molecular flexibility index (Phi) is 3.79. The predicted molar refractivity (Wildman–Crippen MR) is 71.1 cm³/mol. The molecule has 0 atom stereocenters. The smallest absolute Gasteiger partial charge is 0.271 e. The molecule has 1 aromatic carbocycles. The van der Waals surface area contributed by atoms with E-state index in [1.807, 2.05) is 0 Å². The number of hydrazone groups is 1. The van der Waals surface area contributed by atoms with Gasteiger partial charge in [-0.25, -0.2) is 5.01 Å². The fourth-order valence-electron chi connectivity index (χ4n) is 1.74. The topological polar surface area (TPSA) is 71.0 Å². The van der Waals surface area contributed by atoms with Crippen molar-refractivity contribution in [2.45, 2.75) is 12.8 Å². The largest absolute Gasteiger partial charge is 0.497 e. The zero-order valence-electron chi connectivity index (χ0n) is 10.8. The molecule has 100 valence electrons. The summed E-state index contributed by atoms with van der Waals surface area (Å²) in [6.07, 6.45) is 0.667. The third-order valence-electron chi connectivity index (χ3n) is 2.80. The lowest BCUT2D eigenvalue weighted by Gasteiger charge is -2.18. The van der Waals surface area contributed by atoms with Gasteiger partial charge in [-0.05, 0) is 12.1 Å². The van der Waals surface area contributed by atoms with Gasteiger partial charge in [0.05, 0.1) is 7.11 Å². The summed E-state index contributed by atoms with van der Waals surface area (Å²) in [5, 5.41) is 7.89. The number of hydrogen-bond donors (Lipinski definition) is 1. The van der Waals surface area contributed by atoms with E-state index in [0.717, 1.165) is 0 Å². The van der Waals surface area contributed by atoms with Gasteiger partial charge in [0.25, 0.3) is 5.91 Å². The summed E-state index contributed by atoms with van der Waals surface area (Å²) in [6, 6.07) is 7.06. The van der Waals surface area contributed by atoms with Crippen molar-refractivity contribution in [2.75, 3.05) is 19.5 Å². The highest BCUT2D eigenvalue weighted by atomic mass is 16.5. The second kappa shape index (κ2) is 5.51. The van der Waals surface area contributed by atoms with Crippen LogP contribution in [-0.2, 0) is 9.59 Å². The number of anilines is 1. The number of nitrogens with one attached hydrogen (secondary N) is 1. The van der Waals surface area contributed by atoms with Crippen molar-refractivity contribution in [1.82, 2.24) is 5.01 Å². The Hall–Kier alpha value is -2.37. The summed E-state index contributed by atoms with van der Waals surface area (Å²) in [7, 11) is 3.10. The molecule has 1 N–H and O–H groups in total.